The highest BCUT2D eigenvalue weighted by Gasteiger charge is 2.05. The number of aliphatic hydroxyl groups excluding tert-OH is 1. The van der Waals surface area contributed by atoms with Gasteiger partial charge < -0.3 is 15.2 Å². The highest BCUT2D eigenvalue weighted by Crippen LogP contribution is 1.93. The molecule has 1 atom stereocenters. The zero-order valence-electron chi connectivity index (χ0n) is 8.34. The zero-order chi connectivity index (χ0) is 9.40. The van der Waals surface area contributed by atoms with E-state index in [-0.39, 0.29) is 12.6 Å². The Labute approximate surface area is 75.1 Å². The summed E-state index contributed by atoms with van der Waals surface area (Å²) in [5.41, 5.74) is 0. The van der Waals surface area contributed by atoms with Gasteiger partial charge >= 0.3 is 0 Å². The van der Waals surface area contributed by atoms with Crippen molar-refractivity contribution < 1.29 is 9.84 Å². The molecule has 0 saturated carbocycles. The first-order valence-electron chi connectivity index (χ1n) is 4.62. The van der Waals surface area contributed by atoms with Crippen LogP contribution in [0.3, 0.4) is 0 Å². The largest absolute Gasteiger partial charge is 0.395 e. The second-order valence-corrected chi connectivity index (χ2v) is 3.37. The van der Waals surface area contributed by atoms with Gasteiger partial charge in [-0.1, -0.05) is 20.8 Å². The Morgan fingerprint density at radius 3 is 2.42 bits per heavy atom. The molecule has 0 aliphatic carbocycles. The smallest absolute Gasteiger partial charge is 0.0642 e. The van der Waals surface area contributed by atoms with Crippen LogP contribution in [0.4, 0.5) is 0 Å². The molecule has 3 nitrogen and oxygen atoms in total. The lowest BCUT2D eigenvalue weighted by atomic mass is 10.2. The number of likely N-dealkylation sites (N-methyl/N-ethyl adjacent to an activating group) is 1. The Kier molecular flexibility index (Phi) is 7.45. The predicted molar refractivity (Wildman–Crippen MR) is 50.2 cm³/mol. The van der Waals surface area contributed by atoms with Crippen molar-refractivity contribution in [3.05, 3.63) is 0 Å². The fourth-order valence-electron chi connectivity index (χ4n) is 0.911. The molecule has 0 saturated heterocycles. The lowest BCUT2D eigenvalue weighted by molar-refractivity contribution is 0.0729. The van der Waals surface area contributed by atoms with Gasteiger partial charge in [0.2, 0.25) is 0 Å². The summed E-state index contributed by atoms with van der Waals surface area (Å²) in [6.45, 7) is 8.63. The van der Waals surface area contributed by atoms with Gasteiger partial charge in [0.05, 0.1) is 19.3 Å². The zero-order valence-corrected chi connectivity index (χ0v) is 8.34. The number of hydrogen-bond acceptors (Lipinski definition) is 3. The van der Waals surface area contributed by atoms with Gasteiger partial charge in [-0.05, 0) is 12.5 Å². The van der Waals surface area contributed by atoms with Crippen LogP contribution < -0.4 is 5.32 Å². The maximum atomic E-state index is 8.88. The van der Waals surface area contributed by atoms with E-state index in [4.69, 9.17) is 9.84 Å². The van der Waals surface area contributed by atoms with E-state index in [1.165, 1.54) is 0 Å². The maximum Gasteiger partial charge on any atom is 0.0642 e. The summed E-state index contributed by atoms with van der Waals surface area (Å²) in [6, 6.07) is 0.0914. The van der Waals surface area contributed by atoms with Crippen molar-refractivity contribution in [2.75, 3.05) is 26.4 Å². The van der Waals surface area contributed by atoms with Crippen LogP contribution in [0.5, 0.6) is 0 Å². The summed E-state index contributed by atoms with van der Waals surface area (Å²) >= 11 is 0. The minimum absolute atomic E-state index is 0.0914. The Morgan fingerprint density at radius 2 is 2.00 bits per heavy atom. The van der Waals surface area contributed by atoms with Crippen molar-refractivity contribution in [1.29, 1.82) is 0 Å². The van der Waals surface area contributed by atoms with Crippen molar-refractivity contribution in [3.8, 4) is 0 Å². The summed E-state index contributed by atoms with van der Waals surface area (Å²) in [5, 5.41) is 12.0. The first-order chi connectivity index (χ1) is 5.70. The number of rotatable bonds is 7. The van der Waals surface area contributed by atoms with Crippen LogP contribution in [0.25, 0.3) is 0 Å². The van der Waals surface area contributed by atoms with Gasteiger partial charge in [-0.2, -0.15) is 0 Å². The van der Waals surface area contributed by atoms with Crippen LogP contribution in [0.1, 0.15) is 20.8 Å². The normalized spacial score (nSPS) is 13.8. The molecule has 0 heterocycles. The van der Waals surface area contributed by atoms with E-state index in [1.807, 2.05) is 6.92 Å². The van der Waals surface area contributed by atoms with Crippen molar-refractivity contribution in [2.24, 2.45) is 5.92 Å². The number of aliphatic hydroxyl groups is 1. The summed E-state index contributed by atoms with van der Waals surface area (Å²) in [5.74, 6) is 0.561. The fourth-order valence-corrected chi connectivity index (χ4v) is 0.911. The van der Waals surface area contributed by atoms with E-state index in [1.54, 1.807) is 0 Å². The fraction of sp³-hybridized carbons (Fsp3) is 1.00. The van der Waals surface area contributed by atoms with Crippen LogP contribution in [0.15, 0.2) is 0 Å². The van der Waals surface area contributed by atoms with E-state index < -0.39 is 0 Å². The summed E-state index contributed by atoms with van der Waals surface area (Å²) in [7, 11) is 0. The molecule has 0 amide bonds. The molecule has 0 rings (SSSR count). The van der Waals surface area contributed by atoms with Crippen molar-refractivity contribution in [3.63, 3.8) is 0 Å². The molecule has 3 heteroatoms. The van der Waals surface area contributed by atoms with Crippen molar-refractivity contribution >= 4 is 0 Å². The molecule has 12 heavy (non-hydrogen) atoms. The minimum Gasteiger partial charge on any atom is -0.395 e. The summed E-state index contributed by atoms with van der Waals surface area (Å²) < 4.78 is 5.38. The van der Waals surface area contributed by atoms with Gasteiger partial charge in [0, 0.05) is 6.61 Å². The number of nitrogens with one attached hydrogen (secondary N) is 1. The van der Waals surface area contributed by atoms with Gasteiger partial charge in [-0.25, -0.2) is 0 Å². The number of hydrogen-bond donors (Lipinski definition) is 2. The summed E-state index contributed by atoms with van der Waals surface area (Å²) in [4.78, 5) is 0. The lowest BCUT2D eigenvalue weighted by Crippen LogP contribution is -2.36. The van der Waals surface area contributed by atoms with Gasteiger partial charge in [0.1, 0.15) is 0 Å². The molecule has 1 unspecified atom stereocenters. The molecule has 0 bridgehead atoms. The van der Waals surface area contributed by atoms with Gasteiger partial charge in [-0.3, -0.25) is 0 Å². The van der Waals surface area contributed by atoms with E-state index >= 15 is 0 Å². The molecule has 0 aromatic carbocycles. The molecular formula is C9H21NO2. The average Bonchev–Trinajstić information content (AvgIpc) is 2.02. The van der Waals surface area contributed by atoms with E-state index in [0.717, 1.165) is 13.2 Å². The van der Waals surface area contributed by atoms with Crippen LogP contribution >= 0.6 is 0 Å². The second kappa shape index (κ2) is 7.53. The quantitative estimate of drug-likeness (QED) is 0.596. The highest BCUT2D eigenvalue weighted by molar-refractivity contribution is 4.62. The molecule has 74 valence electrons. The number of ether oxygens (including phenoxy) is 1. The van der Waals surface area contributed by atoms with Crippen LogP contribution in [-0.2, 0) is 4.74 Å². The van der Waals surface area contributed by atoms with Crippen LogP contribution in [-0.4, -0.2) is 37.5 Å². The molecule has 0 aliphatic heterocycles. The highest BCUT2D eigenvalue weighted by atomic mass is 16.5. The molecule has 0 aliphatic rings. The van der Waals surface area contributed by atoms with Crippen LogP contribution in [0.2, 0.25) is 0 Å². The van der Waals surface area contributed by atoms with Crippen molar-refractivity contribution in [1.82, 2.24) is 5.32 Å². The predicted octanol–water partition coefficient (Wildman–Crippen LogP) is 0.629. The first-order valence-corrected chi connectivity index (χ1v) is 4.62. The van der Waals surface area contributed by atoms with E-state index in [0.29, 0.717) is 12.5 Å². The lowest BCUT2D eigenvalue weighted by Gasteiger charge is -2.15. The first kappa shape index (κ1) is 11.9. The Hall–Kier alpha value is -0.120. The van der Waals surface area contributed by atoms with E-state index in [2.05, 4.69) is 19.2 Å². The van der Waals surface area contributed by atoms with Gasteiger partial charge in [0.25, 0.3) is 0 Å². The third-order valence-corrected chi connectivity index (χ3v) is 1.48. The van der Waals surface area contributed by atoms with Gasteiger partial charge in [-0.15, -0.1) is 0 Å². The van der Waals surface area contributed by atoms with Crippen LogP contribution in [0, 0.1) is 5.92 Å². The Bertz CT molecular complexity index is 96.5. The summed E-state index contributed by atoms with van der Waals surface area (Å²) in [6.07, 6.45) is 0. The molecular weight excluding hydrogens is 154 g/mol. The standard InChI is InChI=1S/C9H21NO2/c1-4-10-9(5-11)7-12-6-8(2)3/h8-11H,4-7H2,1-3H3. The average molecular weight is 175 g/mol. The van der Waals surface area contributed by atoms with Gasteiger partial charge in [0.15, 0.2) is 0 Å². The SMILES string of the molecule is CCNC(CO)COCC(C)C. The van der Waals surface area contributed by atoms with Crippen molar-refractivity contribution in [2.45, 2.75) is 26.8 Å². The minimum atomic E-state index is 0.0914. The molecule has 0 fully saturated rings. The second-order valence-electron chi connectivity index (χ2n) is 3.37. The Morgan fingerprint density at radius 1 is 1.33 bits per heavy atom. The molecule has 0 spiro atoms. The third-order valence-electron chi connectivity index (χ3n) is 1.48. The molecule has 0 aromatic rings. The van der Waals surface area contributed by atoms with E-state index in [9.17, 15) is 0 Å². The topological polar surface area (TPSA) is 41.5 Å². The molecule has 2 N–H and O–H groups in total. The molecule has 0 aromatic heterocycles. The molecule has 0 radical (unpaired) electrons. The maximum absolute atomic E-state index is 8.88. The third kappa shape index (κ3) is 6.58. The Balaban J connectivity index is 3.31. The monoisotopic (exact) mass is 175 g/mol.